The van der Waals surface area contributed by atoms with Gasteiger partial charge in [0.05, 0.1) is 5.38 Å². The first-order valence-corrected chi connectivity index (χ1v) is 3.95. The van der Waals surface area contributed by atoms with Crippen molar-refractivity contribution in [3.8, 4) is 0 Å². The minimum atomic E-state index is 0.0443. The molecule has 1 aliphatic rings. The average Bonchev–Trinajstić information content (AvgIpc) is 1.88. The van der Waals surface area contributed by atoms with Crippen LogP contribution in [0.2, 0.25) is 0 Å². The van der Waals surface area contributed by atoms with E-state index in [1.165, 1.54) is 0 Å². The number of alkyl halides is 1. The number of allylic oxidation sites excluding steroid dienone is 2. The SMILES string of the molecule is NCC1=C(Cl)CC(Cl)C=C1. The van der Waals surface area contributed by atoms with Gasteiger partial charge in [-0.3, -0.25) is 0 Å². The van der Waals surface area contributed by atoms with Crippen molar-refractivity contribution in [3.05, 3.63) is 22.8 Å². The second kappa shape index (κ2) is 3.42. The van der Waals surface area contributed by atoms with Gasteiger partial charge in [0.2, 0.25) is 0 Å². The lowest BCUT2D eigenvalue weighted by Crippen LogP contribution is -2.08. The smallest absolute Gasteiger partial charge is 0.0568 e. The molecule has 3 heteroatoms. The zero-order valence-corrected chi connectivity index (χ0v) is 6.99. The zero-order chi connectivity index (χ0) is 7.56. The topological polar surface area (TPSA) is 26.0 Å². The van der Waals surface area contributed by atoms with Gasteiger partial charge in [-0.2, -0.15) is 0 Å². The largest absolute Gasteiger partial charge is 0.326 e. The average molecular weight is 178 g/mol. The lowest BCUT2D eigenvalue weighted by Gasteiger charge is -2.12. The van der Waals surface area contributed by atoms with Crippen LogP contribution in [0.15, 0.2) is 22.8 Å². The highest BCUT2D eigenvalue weighted by molar-refractivity contribution is 6.31. The maximum absolute atomic E-state index is 5.84. The van der Waals surface area contributed by atoms with Crippen LogP contribution >= 0.6 is 23.2 Å². The van der Waals surface area contributed by atoms with E-state index in [1.807, 2.05) is 12.2 Å². The molecule has 0 spiro atoms. The van der Waals surface area contributed by atoms with E-state index in [0.717, 1.165) is 10.6 Å². The Bertz CT molecular complexity index is 184. The number of rotatable bonds is 1. The normalized spacial score (nSPS) is 25.7. The molecule has 0 radical (unpaired) electrons. The highest BCUT2D eigenvalue weighted by Crippen LogP contribution is 2.24. The minimum Gasteiger partial charge on any atom is -0.326 e. The Kier molecular flexibility index (Phi) is 2.78. The van der Waals surface area contributed by atoms with Gasteiger partial charge in [-0.15, -0.1) is 11.6 Å². The van der Waals surface area contributed by atoms with Crippen LogP contribution in [0, 0.1) is 0 Å². The summed E-state index contributed by atoms with van der Waals surface area (Å²) in [5, 5.41) is 0.841. The van der Waals surface area contributed by atoms with Gasteiger partial charge in [-0.1, -0.05) is 23.8 Å². The van der Waals surface area contributed by atoms with Gasteiger partial charge in [0.25, 0.3) is 0 Å². The molecular formula is C7H9Cl2N. The summed E-state index contributed by atoms with van der Waals surface area (Å²) < 4.78 is 0. The third-order valence-electron chi connectivity index (χ3n) is 1.45. The fourth-order valence-corrected chi connectivity index (χ4v) is 1.47. The quantitative estimate of drug-likeness (QED) is 0.610. The molecule has 1 rings (SSSR count). The molecule has 0 aromatic carbocycles. The molecule has 1 nitrogen and oxygen atoms in total. The van der Waals surface area contributed by atoms with Gasteiger partial charge in [0.1, 0.15) is 0 Å². The summed E-state index contributed by atoms with van der Waals surface area (Å²) in [7, 11) is 0. The third kappa shape index (κ3) is 1.75. The fraction of sp³-hybridized carbons (Fsp3) is 0.429. The Morgan fingerprint density at radius 1 is 1.70 bits per heavy atom. The lowest BCUT2D eigenvalue weighted by molar-refractivity contribution is 0.983. The van der Waals surface area contributed by atoms with E-state index >= 15 is 0 Å². The monoisotopic (exact) mass is 177 g/mol. The van der Waals surface area contributed by atoms with Crippen LogP contribution in [0.1, 0.15) is 6.42 Å². The second-order valence-electron chi connectivity index (χ2n) is 2.21. The van der Waals surface area contributed by atoms with Gasteiger partial charge in [0.15, 0.2) is 0 Å². The minimum absolute atomic E-state index is 0.0443. The van der Waals surface area contributed by atoms with E-state index < -0.39 is 0 Å². The molecule has 56 valence electrons. The van der Waals surface area contributed by atoms with Gasteiger partial charge in [-0.05, 0) is 5.57 Å². The van der Waals surface area contributed by atoms with Gasteiger partial charge < -0.3 is 5.73 Å². The molecule has 10 heavy (non-hydrogen) atoms. The number of nitrogens with two attached hydrogens (primary N) is 1. The Labute approximate surface area is 70.5 Å². The molecule has 1 aliphatic carbocycles. The first kappa shape index (κ1) is 8.12. The number of halogens is 2. The first-order valence-electron chi connectivity index (χ1n) is 3.14. The molecule has 0 aliphatic heterocycles. The maximum atomic E-state index is 5.84. The predicted octanol–water partition coefficient (Wildman–Crippen LogP) is 2.01. The summed E-state index contributed by atoms with van der Waals surface area (Å²) in [4.78, 5) is 0. The van der Waals surface area contributed by atoms with Crippen LogP contribution in [-0.2, 0) is 0 Å². The number of hydrogen-bond donors (Lipinski definition) is 1. The van der Waals surface area contributed by atoms with Crippen LogP contribution < -0.4 is 5.73 Å². The molecule has 0 amide bonds. The third-order valence-corrected chi connectivity index (χ3v) is 2.15. The van der Waals surface area contributed by atoms with Crippen molar-refractivity contribution in [1.82, 2.24) is 0 Å². The van der Waals surface area contributed by atoms with Crippen molar-refractivity contribution in [1.29, 1.82) is 0 Å². The van der Waals surface area contributed by atoms with Crippen LogP contribution in [0.3, 0.4) is 0 Å². The highest BCUT2D eigenvalue weighted by Gasteiger charge is 2.10. The summed E-state index contributed by atoms with van der Waals surface area (Å²) in [6, 6.07) is 0. The van der Waals surface area contributed by atoms with Crippen molar-refractivity contribution in [2.24, 2.45) is 5.73 Å². The standard InChI is InChI=1S/C7H9Cl2N/c8-6-2-1-5(4-10)7(9)3-6/h1-2,6H,3-4,10H2. The fourth-order valence-electron chi connectivity index (χ4n) is 0.860. The molecule has 1 atom stereocenters. The van der Waals surface area contributed by atoms with E-state index in [2.05, 4.69) is 0 Å². The predicted molar refractivity (Wildman–Crippen MR) is 45.3 cm³/mol. The number of hydrogen-bond acceptors (Lipinski definition) is 1. The molecule has 0 aromatic heterocycles. The Balaban J connectivity index is 2.73. The molecule has 0 heterocycles. The van der Waals surface area contributed by atoms with Gasteiger partial charge >= 0.3 is 0 Å². The van der Waals surface area contributed by atoms with Crippen LogP contribution in [0.4, 0.5) is 0 Å². The van der Waals surface area contributed by atoms with Crippen LogP contribution in [-0.4, -0.2) is 11.9 Å². The molecule has 2 N–H and O–H groups in total. The van der Waals surface area contributed by atoms with E-state index in [0.29, 0.717) is 13.0 Å². The highest BCUT2D eigenvalue weighted by atomic mass is 35.5. The molecule has 0 fully saturated rings. The molecule has 1 unspecified atom stereocenters. The molecule has 0 aromatic rings. The van der Waals surface area contributed by atoms with Crippen molar-refractivity contribution < 1.29 is 0 Å². The van der Waals surface area contributed by atoms with Crippen molar-refractivity contribution in [2.75, 3.05) is 6.54 Å². The molecular weight excluding hydrogens is 169 g/mol. The maximum Gasteiger partial charge on any atom is 0.0568 e. The van der Waals surface area contributed by atoms with E-state index in [4.69, 9.17) is 28.9 Å². The summed E-state index contributed by atoms with van der Waals surface area (Å²) in [6.45, 7) is 0.499. The van der Waals surface area contributed by atoms with Gasteiger partial charge in [0, 0.05) is 18.0 Å². The van der Waals surface area contributed by atoms with E-state index in [9.17, 15) is 0 Å². The molecule has 0 bridgehead atoms. The second-order valence-corrected chi connectivity index (χ2v) is 3.23. The first-order chi connectivity index (χ1) is 4.74. The summed E-state index contributed by atoms with van der Waals surface area (Å²) in [5.74, 6) is 0. The van der Waals surface area contributed by atoms with Crippen molar-refractivity contribution >= 4 is 23.2 Å². The van der Waals surface area contributed by atoms with Gasteiger partial charge in [-0.25, -0.2) is 0 Å². The summed E-state index contributed by atoms with van der Waals surface area (Å²) in [5.41, 5.74) is 6.40. The molecule has 0 saturated heterocycles. The Morgan fingerprint density at radius 3 is 2.90 bits per heavy atom. The summed E-state index contributed by atoms with van der Waals surface area (Å²) >= 11 is 11.6. The van der Waals surface area contributed by atoms with Crippen molar-refractivity contribution in [2.45, 2.75) is 11.8 Å². The van der Waals surface area contributed by atoms with E-state index in [-0.39, 0.29) is 5.38 Å². The Hall–Kier alpha value is 0.0200. The zero-order valence-electron chi connectivity index (χ0n) is 5.48. The van der Waals surface area contributed by atoms with Crippen molar-refractivity contribution in [3.63, 3.8) is 0 Å². The van der Waals surface area contributed by atoms with Crippen LogP contribution in [0.5, 0.6) is 0 Å². The van der Waals surface area contributed by atoms with E-state index in [1.54, 1.807) is 0 Å². The summed E-state index contributed by atoms with van der Waals surface area (Å²) in [6.07, 6.45) is 4.52. The Morgan fingerprint density at radius 2 is 2.40 bits per heavy atom. The lowest BCUT2D eigenvalue weighted by atomic mass is 10.1. The van der Waals surface area contributed by atoms with Crippen LogP contribution in [0.25, 0.3) is 0 Å². The molecule has 0 saturated carbocycles.